The van der Waals surface area contributed by atoms with Crippen LogP contribution in [0.25, 0.3) is 0 Å². The fourth-order valence-electron chi connectivity index (χ4n) is 1.99. The molecule has 0 aliphatic heterocycles. The Morgan fingerprint density at radius 3 is 2.65 bits per heavy atom. The summed E-state index contributed by atoms with van der Waals surface area (Å²) >= 11 is 1.25. The number of nitrogens with one attached hydrogen (secondary N) is 1. The summed E-state index contributed by atoms with van der Waals surface area (Å²) in [5.74, 6) is -0.557. The summed E-state index contributed by atoms with van der Waals surface area (Å²) in [5, 5.41) is 3.35. The van der Waals surface area contributed by atoms with E-state index in [1.807, 2.05) is 6.07 Å². The first-order valence-corrected chi connectivity index (χ1v) is 7.47. The predicted octanol–water partition coefficient (Wildman–Crippen LogP) is 4.37. The van der Waals surface area contributed by atoms with E-state index in [-0.39, 0.29) is 11.6 Å². The normalized spacial score (nSPS) is 14.5. The highest BCUT2D eigenvalue weighted by Gasteiger charge is 2.20. The Hall–Kier alpha value is -1.39. The van der Waals surface area contributed by atoms with Crippen molar-refractivity contribution < 1.29 is 8.78 Å². The van der Waals surface area contributed by atoms with Gasteiger partial charge in [-0.3, -0.25) is 0 Å². The zero-order valence-corrected chi connectivity index (χ0v) is 11.7. The molecule has 0 radical (unpaired) electrons. The van der Waals surface area contributed by atoms with Crippen molar-refractivity contribution in [3.05, 3.63) is 59.7 Å². The van der Waals surface area contributed by atoms with Crippen molar-refractivity contribution in [2.24, 2.45) is 0 Å². The van der Waals surface area contributed by atoms with Gasteiger partial charge in [0.2, 0.25) is 0 Å². The average Bonchev–Trinajstić information content (AvgIpc) is 3.23. The number of hydrogen-bond acceptors (Lipinski definition) is 2. The Morgan fingerprint density at radius 2 is 1.90 bits per heavy atom. The van der Waals surface area contributed by atoms with Gasteiger partial charge in [0.25, 0.3) is 0 Å². The Kier molecular flexibility index (Phi) is 4.03. The smallest absolute Gasteiger partial charge is 0.137 e. The molecule has 4 heteroatoms. The van der Waals surface area contributed by atoms with Gasteiger partial charge in [-0.1, -0.05) is 23.9 Å². The highest BCUT2D eigenvalue weighted by atomic mass is 32.2. The monoisotopic (exact) mass is 291 g/mol. The van der Waals surface area contributed by atoms with E-state index in [9.17, 15) is 8.78 Å². The van der Waals surface area contributed by atoms with Gasteiger partial charge in [-0.15, -0.1) is 0 Å². The summed E-state index contributed by atoms with van der Waals surface area (Å²) in [6.07, 6.45) is 2.40. The van der Waals surface area contributed by atoms with Crippen LogP contribution in [-0.2, 0) is 6.54 Å². The van der Waals surface area contributed by atoms with Gasteiger partial charge in [-0.25, -0.2) is 8.78 Å². The first-order valence-electron chi connectivity index (χ1n) is 6.66. The molecule has 0 spiro atoms. The molecule has 2 aromatic rings. The quantitative estimate of drug-likeness (QED) is 0.878. The van der Waals surface area contributed by atoms with Gasteiger partial charge in [0, 0.05) is 22.4 Å². The molecule has 3 rings (SSSR count). The lowest BCUT2D eigenvalue weighted by Crippen LogP contribution is -2.15. The summed E-state index contributed by atoms with van der Waals surface area (Å²) in [7, 11) is 0. The van der Waals surface area contributed by atoms with Gasteiger partial charge in [-0.2, -0.15) is 0 Å². The highest BCUT2D eigenvalue weighted by molar-refractivity contribution is 7.99. The van der Waals surface area contributed by atoms with Crippen LogP contribution in [0.1, 0.15) is 18.4 Å². The SMILES string of the molecule is Fc1cc(CNC2CC2)cc(Sc2ccccc2F)c1. The zero-order chi connectivity index (χ0) is 13.9. The fourth-order valence-corrected chi connectivity index (χ4v) is 2.93. The summed E-state index contributed by atoms with van der Waals surface area (Å²) in [4.78, 5) is 1.24. The Balaban J connectivity index is 1.76. The maximum Gasteiger partial charge on any atom is 0.137 e. The zero-order valence-electron chi connectivity index (χ0n) is 10.9. The lowest BCUT2D eigenvalue weighted by Gasteiger charge is -2.07. The topological polar surface area (TPSA) is 12.0 Å². The second kappa shape index (κ2) is 5.94. The predicted molar refractivity (Wildman–Crippen MR) is 76.8 cm³/mol. The number of hydrogen-bond donors (Lipinski definition) is 1. The fraction of sp³-hybridized carbons (Fsp3) is 0.250. The van der Waals surface area contributed by atoms with E-state index < -0.39 is 0 Å². The van der Waals surface area contributed by atoms with Crippen LogP contribution >= 0.6 is 11.8 Å². The van der Waals surface area contributed by atoms with Crippen LogP contribution < -0.4 is 5.32 Å². The molecular weight excluding hydrogens is 276 g/mol. The molecule has 1 nitrogen and oxygen atoms in total. The second-order valence-electron chi connectivity index (χ2n) is 4.98. The van der Waals surface area contributed by atoms with Crippen LogP contribution in [0.5, 0.6) is 0 Å². The van der Waals surface area contributed by atoms with E-state index >= 15 is 0 Å². The minimum absolute atomic E-state index is 0.278. The first kappa shape index (κ1) is 13.6. The second-order valence-corrected chi connectivity index (χ2v) is 6.10. The summed E-state index contributed by atoms with van der Waals surface area (Å²) in [5.41, 5.74) is 0.899. The third kappa shape index (κ3) is 3.58. The van der Waals surface area contributed by atoms with Crippen molar-refractivity contribution in [3.63, 3.8) is 0 Å². The van der Waals surface area contributed by atoms with E-state index in [0.29, 0.717) is 17.5 Å². The van der Waals surface area contributed by atoms with E-state index in [2.05, 4.69) is 5.32 Å². The Bertz CT molecular complexity index is 611. The van der Waals surface area contributed by atoms with Crippen molar-refractivity contribution in [3.8, 4) is 0 Å². The van der Waals surface area contributed by atoms with Crippen molar-refractivity contribution in [1.82, 2.24) is 5.32 Å². The van der Waals surface area contributed by atoms with Gasteiger partial charge in [0.1, 0.15) is 11.6 Å². The summed E-state index contributed by atoms with van der Waals surface area (Å²) in [6.45, 7) is 0.660. The number of benzene rings is 2. The molecule has 0 unspecified atom stereocenters. The van der Waals surface area contributed by atoms with Crippen molar-refractivity contribution in [2.75, 3.05) is 0 Å². The summed E-state index contributed by atoms with van der Waals surface area (Å²) in [6, 6.07) is 12.0. The molecule has 1 aliphatic rings. The maximum atomic E-state index is 13.6. The largest absolute Gasteiger partial charge is 0.310 e. The van der Waals surface area contributed by atoms with E-state index in [1.165, 1.54) is 42.8 Å². The molecule has 1 aliphatic carbocycles. The van der Waals surface area contributed by atoms with Crippen molar-refractivity contribution >= 4 is 11.8 Å². The molecule has 1 saturated carbocycles. The molecule has 1 fully saturated rings. The highest BCUT2D eigenvalue weighted by Crippen LogP contribution is 2.31. The molecule has 0 heterocycles. The number of rotatable bonds is 5. The molecule has 0 atom stereocenters. The van der Waals surface area contributed by atoms with Crippen LogP contribution in [0.15, 0.2) is 52.3 Å². The molecule has 0 bridgehead atoms. The van der Waals surface area contributed by atoms with Gasteiger partial charge in [0.05, 0.1) is 0 Å². The van der Waals surface area contributed by atoms with Gasteiger partial charge >= 0.3 is 0 Å². The van der Waals surface area contributed by atoms with Crippen LogP contribution in [0, 0.1) is 11.6 Å². The molecule has 2 aromatic carbocycles. The lowest BCUT2D eigenvalue weighted by atomic mass is 10.2. The van der Waals surface area contributed by atoms with E-state index in [1.54, 1.807) is 18.2 Å². The van der Waals surface area contributed by atoms with Crippen LogP contribution in [-0.4, -0.2) is 6.04 Å². The van der Waals surface area contributed by atoms with Crippen molar-refractivity contribution in [1.29, 1.82) is 0 Å². The molecule has 104 valence electrons. The third-order valence-electron chi connectivity index (χ3n) is 3.17. The molecule has 20 heavy (non-hydrogen) atoms. The van der Waals surface area contributed by atoms with E-state index in [4.69, 9.17) is 0 Å². The van der Waals surface area contributed by atoms with Crippen LogP contribution in [0.4, 0.5) is 8.78 Å². The minimum atomic E-state index is -0.279. The van der Waals surface area contributed by atoms with Gasteiger partial charge in [0.15, 0.2) is 0 Å². The maximum absolute atomic E-state index is 13.6. The molecule has 1 N–H and O–H groups in total. The first-order chi connectivity index (χ1) is 9.70. The third-order valence-corrected chi connectivity index (χ3v) is 4.19. The molecule has 0 amide bonds. The van der Waals surface area contributed by atoms with Gasteiger partial charge in [-0.05, 0) is 48.7 Å². The molecule has 0 aromatic heterocycles. The van der Waals surface area contributed by atoms with Crippen LogP contribution in [0.3, 0.4) is 0 Å². The lowest BCUT2D eigenvalue weighted by molar-refractivity contribution is 0.601. The average molecular weight is 291 g/mol. The molecular formula is C16H15F2NS. The van der Waals surface area contributed by atoms with E-state index in [0.717, 1.165) is 10.5 Å². The van der Waals surface area contributed by atoms with Gasteiger partial charge < -0.3 is 5.32 Å². The van der Waals surface area contributed by atoms with Crippen molar-refractivity contribution in [2.45, 2.75) is 35.2 Å². The summed E-state index contributed by atoms with van der Waals surface area (Å²) < 4.78 is 27.2. The Labute approximate surface area is 121 Å². The Morgan fingerprint density at radius 1 is 1.10 bits per heavy atom. The standard InChI is InChI=1S/C16H15F2NS/c17-12-7-11(10-19-13-5-6-13)8-14(9-12)20-16-4-2-1-3-15(16)18/h1-4,7-9,13,19H,5-6,10H2. The number of halogens is 2. The van der Waals surface area contributed by atoms with Crippen LogP contribution in [0.2, 0.25) is 0 Å². The minimum Gasteiger partial charge on any atom is -0.310 e. The molecule has 0 saturated heterocycles.